The fraction of sp³-hybridized carbons (Fsp3) is 0.300. The molecule has 25 heavy (non-hydrogen) atoms. The zero-order valence-electron chi connectivity index (χ0n) is 14.4. The van der Waals surface area contributed by atoms with Gasteiger partial charge in [0.05, 0.1) is 6.54 Å². The molecule has 1 N–H and O–H groups in total. The quantitative estimate of drug-likeness (QED) is 0.746. The van der Waals surface area contributed by atoms with Gasteiger partial charge in [-0.05, 0) is 25.1 Å². The fourth-order valence-electron chi connectivity index (χ4n) is 3.59. The Balaban J connectivity index is 1.43. The van der Waals surface area contributed by atoms with Crippen LogP contribution in [0.5, 0.6) is 0 Å². The van der Waals surface area contributed by atoms with E-state index < -0.39 is 0 Å². The summed E-state index contributed by atoms with van der Waals surface area (Å²) in [6.07, 6.45) is 1.82. The number of anilines is 1. The van der Waals surface area contributed by atoms with E-state index in [1.165, 1.54) is 0 Å². The Morgan fingerprint density at radius 1 is 1.08 bits per heavy atom. The Labute approximate surface area is 147 Å². The SMILES string of the molecule is Cc1[nH]c2ccccc2c1C(=O)CN1CCN(c2ccccn2)CC1. The van der Waals surface area contributed by atoms with Crippen LogP contribution >= 0.6 is 0 Å². The second kappa shape index (κ2) is 6.69. The van der Waals surface area contributed by atoms with E-state index in [0.717, 1.165) is 54.2 Å². The second-order valence-electron chi connectivity index (χ2n) is 6.54. The maximum absolute atomic E-state index is 12.9. The number of para-hydroxylation sites is 1. The average Bonchev–Trinajstić information content (AvgIpc) is 2.99. The Morgan fingerprint density at radius 3 is 2.60 bits per heavy atom. The lowest BCUT2D eigenvalue weighted by Crippen LogP contribution is -2.48. The maximum Gasteiger partial charge on any atom is 0.179 e. The van der Waals surface area contributed by atoms with Crippen LogP contribution in [0, 0.1) is 6.92 Å². The molecule has 2 aromatic heterocycles. The summed E-state index contributed by atoms with van der Waals surface area (Å²) >= 11 is 0. The summed E-state index contributed by atoms with van der Waals surface area (Å²) in [5.74, 6) is 1.21. The van der Waals surface area contributed by atoms with Crippen molar-refractivity contribution in [3.8, 4) is 0 Å². The van der Waals surface area contributed by atoms with E-state index in [1.807, 2.05) is 55.6 Å². The highest BCUT2D eigenvalue weighted by Gasteiger charge is 2.22. The number of Topliss-reactive ketones (excluding diaryl/α,β-unsaturated/α-hetero) is 1. The highest BCUT2D eigenvalue weighted by atomic mass is 16.1. The molecule has 0 unspecified atom stereocenters. The summed E-state index contributed by atoms with van der Waals surface area (Å²) in [5.41, 5.74) is 2.82. The number of aryl methyl sites for hydroxylation is 1. The zero-order valence-corrected chi connectivity index (χ0v) is 14.4. The summed E-state index contributed by atoms with van der Waals surface area (Å²) in [7, 11) is 0. The third-order valence-electron chi connectivity index (χ3n) is 4.89. The molecule has 5 nitrogen and oxygen atoms in total. The topological polar surface area (TPSA) is 52.2 Å². The van der Waals surface area contributed by atoms with Crippen LogP contribution in [0.4, 0.5) is 5.82 Å². The molecule has 4 rings (SSSR count). The molecule has 3 aromatic rings. The molecule has 128 valence electrons. The minimum atomic E-state index is 0.196. The molecule has 1 fully saturated rings. The van der Waals surface area contributed by atoms with Crippen LogP contribution < -0.4 is 4.90 Å². The van der Waals surface area contributed by atoms with Crippen LogP contribution in [0.1, 0.15) is 16.1 Å². The van der Waals surface area contributed by atoms with Gasteiger partial charge in [0.15, 0.2) is 5.78 Å². The van der Waals surface area contributed by atoms with Gasteiger partial charge in [-0.3, -0.25) is 9.69 Å². The molecule has 3 heterocycles. The number of H-pyrrole nitrogens is 1. The number of fused-ring (bicyclic) bond motifs is 1. The van der Waals surface area contributed by atoms with Gasteiger partial charge in [0.1, 0.15) is 5.82 Å². The molecular formula is C20H22N4O. The number of pyridine rings is 1. The number of benzene rings is 1. The first-order chi connectivity index (χ1) is 12.2. The summed E-state index contributed by atoms with van der Waals surface area (Å²) in [5, 5.41) is 1.03. The van der Waals surface area contributed by atoms with Crippen molar-refractivity contribution in [2.45, 2.75) is 6.92 Å². The van der Waals surface area contributed by atoms with Crippen molar-refractivity contribution in [2.75, 3.05) is 37.6 Å². The van der Waals surface area contributed by atoms with Gasteiger partial charge in [-0.2, -0.15) is 0 Å². The third-order valence-corrected chi connectivity index (χ3v) is 4.89. The first-order valence-corrected chi connectivity index (χ1v) is 8.71. The van der Waals surface area contributed by atoms with Crippen molar-refractivity contribution < 1.29 is 4.79 Å². The Hall–Kier alpha value is -2.66. The Kier molecular flexibility index (Phi) is 4.24. The molecule has 0 bridgehead atoms. The van der Waals surface area contributed by atoms with Crippen LogP contribution in [0.3, 0.4) is 0 Å². The summed E-state index contributed by atoms with van der Waals surface area (Å²) in [6, 6.07) is 14.0. The van der Waals surface area contributed by atoms with Crippen LogP contribution in [-0.2, 0) is 0 Å². The number of aromatic amines is 1. The lowest BCUT2D eigenvalue weighted by molar-refractivity contribution is 0.0927. The van der Waals surface area contributed by atoms with Crippen LogP contribution in [0.2, 0.25) is 0 Å². The molecular weight excluding hydrogens is 312 g/mol. The number of carbonyl (C=O) groups excluding carboxylic acids is 1. The van der Waals surface area contributed by atoms with E-state index in [2.05, 4.69) is 19.8 Å². The number of rotatable bonds is 4. The molecule has 1 aliphatic rings. The first-order valence-electron chi connectivity index (χ1n) is 8.71. The number of hydrogen-bond donors (Lipinski definition) is 1. The Bertz CT molecular complexity index is 879. The third kappa shape index (κ3) is 3.15. The van der Waals surface area contributed by atoms with E-state index in [0.29, 0.717) is 6.54 Å². The van der Waals surface area contributed by atoms with Crippen molar-refractivity contribution in [1.29, 1.82) is 0 Å². The zero-order chi connectivity index (χ0) is 17.2. The van der Waals surface area contributed by atoms with Gasteiger partial charge in [0, 0.05) is 54.5 Å². The standard InChI is InChI=1S/C20H22N4O/c1-15-20(16-6-2-3-7-17(16)22-15)18(25)14-23-10-12-24(13-11-23)19-8-4-5-9-21-19/h2-9,22H,10-14H2,1H3. The van der Waals surface area contributed by atoms with E-state index in [9.17, 15) is 4.79 Å². The molecule has 1 saturated heterocycles. The number of nitrogens with zero attached hydrogens (tertiary/aromatic N) is 3. The average molecular weight is 334 g/mol. The van der Waals surface area contributed by atoms with Gasteiger partial charge < -0.3 is 9.88 Å². The van der Waals surface area contributed by atoms with Crippen LogP contribution in [-0.4, -0.2) is 53.4 Å². The monoisotopic (exact) mass is 334 g/mol. The number of aromatic nitrogens is 2. The van der Waals surface area contributed by atoms with Crippen LogP contribution in [0.15, 0.2) is 48.7 Å². The van der Waals surface area contributed by atoms with Crippen molar-refractivity contribution >= 4 is 22.5 Å². The van der Waals surface area contributed by atoms with Gasteiger partial charge in [-0.1, -0.05) is 24.3 Å². The highest BCUT2D eigenvalue weighted by molar-refractivity contribution is 6.10. The number of hydrogen-bond acceptors (Lipinski definition) is 4. The largest absolute Gasteiger partial charge is 0.358 e. The highest BCUT2D eigenvalue weighted by Crippen LogP contribution is 2.23. The van der Waals surface area contributed by atoms with Gasteiger partial charge in [0.2, 0.25) is 0 Å². The number of piperazine rings is 1. The molecule has 0 saturated carbocycles. The second-order valence-corrected chi connectivity index (χ2v) is 6.54. The van der Waals surface area contributed by atoms with Crippen molar-refractivity contribution in [1.82, 2.24) is 14.9 Å². The molecule has 0 amide bonds. The normalized spacial score (nSPS) is 15.6. The minimum Gasteiger partial charge on any atom is -0.358 e. The maximum atomic E-state index is 12.9. The molecule has 0 radical (unpaired) electrons. The van der Waals surface area contributed by atoms with Gasteiger partial charge in [-0.25, -0.2) is 4.98 Å². The number of carbonyl (C=O) groups is 1. The number of ketones is 1. The molecule has 5 heteroatoms. The molecule has 0 atom stereocenters. The predicted octanol–water partition coefficient (Wildman–Crippen LogP) is 2.88. The van der Waals surface area contributed by atoms with Gasteiger partial charge in [-0.15, -0.1) is 0 Å². The van der Waals surface area contributed by atoms with Gasteiger partial charge >= 0.3 is 0 Å². The minimum absolute atomic E-state index is 0.196. The smallest absolute Gasteiger partial charge is 0.179 e. The molecule has 1 aromatic carbocycles. The first kappa shape index (κ1) is 15.8. The summed E-state index contributed by atoms with van der Waals surface area (Å²) in [6.45, 7) is 6.01. The van der Waals surface area contributed by atoms with Crippen LogP contribution in [0.25, 0.3) is 10.9 Å². The summed E-state index contributed by atoms with van der Waals surface area (Å²) in [4.78, 5) is 25.1. The van der Waals surface area contributed by atoms with E-state index >= 15 is 0 Å². The van der Waals surface area contributed by atoms with Crippen molar-refractivity contribution in [3.05, 3.63) is 59.9 Å². The molecule has 1 aliphatic heterocycles. The van der Waals surface area contributed by atoms with E-state index in [1.54, 1.807) is 0 Å². The van der Waals surface area contributed by atoms with Gasteiger partial charge in [0.25, 0.3) is 0 Å². The fourth-order valence-corrected chi connectivity index (χ4v) is 3.59. The Morgan fingerprint density at radius 2 is 1.84 bits per heavy atom. The number of nitrogens with one attached hydrogen (secondary N) is 1. The summed E-state index contributed by atoms with van der Waals surface area (Å²) < 4.78 is 0. The van der Waals surface area contributed by atoms with Crippen molar-refractivity contribution in [2.24, 2.45) is 0 Å². The lowest BCUT2D eigenvalue weighted by atomic mass is 10.1. The molecule has 0 spiro atoms. The van der Waals surface area contributed by atoms with E-state index in [-0.39, 0.29) is 5.78 Å². The molecule has 0 aliphatic carbocycles. The van der Waals surface area contributed by atoms with Crippen molar-refractivity contribution in [3.63, 3.8) is 0 Å². The predicted molar refractivity (Wildman–Crippen MR) is 100 cm³/mol. The lowest BCUT2D eigenvalue weighted by Gasteiger charge is -2.35. The van der Waals surface area contributed by atoms with E-state index in [4.69, 9.17) is 0 Å².